The summed E-state index contributed by atoms with van der Waals surface area (Å²) in [4.78, 5) is 0. The predicted octanol–water partition coefficient (Wildman–Crippen LogP) is 6.45. The van der Waals surface area contributed by atoms with Crippen LogP contribution in [0.25, 0.3) is 0 Å². The van der Waals surface area contributed by atoms with Gasteiger partial charge in [0.05, 0.1) is 0 Å². The maximum atomic E-state index is 2.59. The van der Waals surface area contributed by atoms with E-state index >= 15 is 0 Å². The fourth-order valence-electron chi connectivity index (χ4n) is 4.18. The highest BCUT2D eigenvalue weighted by atomic mass is 14.5. The zero-order valence-electron chi connectivity index (χ0n) is 14.1. The predicted molar refractivity (Wildman–Crippen MR) is 89.7 cm³/mol. The van der Waals surface area contributed by atoms with Crippen LogP contribution in [0, 0.1) is 17.3 Å². The van der Waals surface area contributed by atoms with Crippen molar-refractivity contribution in [3.05, 3.63) is 34.9 Å². The fraction of sp³-hybridized carbons (Fsp3) is 0.700. The number of allylic oxidation sites excluding steroid dienone is 6. The van der Waals surface area contributed by atoms with E-state index in [2.05, 4.69) is 52.8 Å². The second-order valence-corrected chi connectivity index (χ2v) is 7.47. The average molecular weight is 272 g/mol. The Bertz CT molecular complexity index is 431. The van der Waals surface area contributed by atoms with Crippen LogP contribution in [0.1, 0.15) is 73.1 Å². The number of hydrogen-bond acceptors (Lipinski definition) is 0. The molecule has 0 fully saturated rings. The summed E-state index contributed by atoms with van der Waals surface area (Å²) in [6.07, 6.45) is 15.3. The Hall–Kier alpha value is -0.780. The van der Waals surface area contributed by atoms with Crippen molar-refractivity contribution in [3.8, 4) is 0 Å². The standard InChI is InChI=1S/C20H32/c1-15(2)7-6-8-17(4)19-10-9-18(5)20(19)13-11-16(3)12-14-20/h7,10-11,17-18H,6,8-9,12-14H2,1-5H3/t17-,18+,20-/m0/s1. The molecule has 2 aliphatic carbocycles. The van der Waals surface area contributed by atoms with E-state index in [0.29, 0.717) is 5.41 Å². The summed E-state index contributed by atoms with van der Waals surface area (Å²) >= 11 is 0. The van der Waals surface area contributed by atoms with Crippen LogP contribution >= 0.6 is 0 Å². The molecule has 0 saturated carbocycles. The largest absolute Gasteiger partial charge is 0.0859 e. The highest BCUT2D eigenvalue weighted by Gasteiger charge is 2.44. The average Bonchev–Trinajstić information content (AvgIpc) is 2.70. The van der Waals surface area contributed by atoms with E-state index < -0.39 is 0 Å². The molecule has 0 N–H and O–H groups in total. The van der Waals surface area contributed by atoms with Crippen LogP contribution in [0.4, 0.5) is 0 Å². The van der Waals surface area contributed by atoms with Crippen molar-refractivity contribution in [2.45, 2.75) is 73.1 Å². The topological polar surface area (TPSA) is 0 Å². The lowest BCUT2D eigenvalue weighted by Crippen LogP contribution is -2.31. The van der Waals surface area contributed by atoms with Crippen molar-refractivity contribution >= 4 is 0 Å². The van der Waals surface area contributed by atoms with Crippen LogP contribution in [0.15, 0.2) is 34.9 Å². The third kappa shape index (κ3) is 3.10. The summed E-state index contributed by atoms with van der Waals surface area (Å²) in [6, 6.07) is 0. The zero-order valence-corrected chi connectivity index (χ0v) is 14.1. The first kappa shape index (κ1) is 15.6. The van der Waals surface area contributed by atoms with Gasteiger partial charge >= 0.3 is 0 Å². The molecule has 20 heavy (non-hydrogen) atoms. The van der Waals surface area contributed by atoms with E-state index in [-0.39, 0.29) is 0 Å². The van der Waals surface area contributed by atoms with Gasteiger partial charge in [0.25, 0.3) is 0 Å². The molecule has 2 rings (SSSR count). The summed E-state index contributed by atoms with van der Waals surface area (Å²) < 4.78 is 0. The van der Waals surface area contributed by atoms with Gasteiger partial charge in [0.15, 0.2) is 0 Å². The van der Waals surface area contributed by atoms with Gasteiger partial charge in [-0.05, 0) is 76.5 Å². The molecule has 0 aromatic rings. The van der Waals surface area contributed by atoms with Crippen LogP contribution in [-0.4, -0.2) is 0 Å². The van der Waals surface area contributed by atoms with Crippen molar-refractivity contribution in [2.75, 3.05) is 0 Å². The Balaban J connectivity index is 2.08. The zero-order chi connectivity index (χ0) is 14.8. The first-order valence-electron chi connectivity index (χ1n) is 8.45. The molecule has 0 heterocycles. The van der Waals surface area contributed by atoms with Gasteiger partial charge in [0.2, 0.25) is 0 Å². The quantitative estimate of drug-likeness (QED) is 0.516. The molecule has 0 aliphatic heterocycles. The van der Waals surface area contributed by atoms with Gasteiger partial charge in [-0.1, -0.05) is 48.8 Å². The van der Waals surface area contributed by atoms with E-state index in [1.807, 2.05) is 0 Å². The van der Waals surface area contributed by atoms with Crippen molar-refractivity contribution < 1.29 is 0 Å². The van der Waals surface area contributed by atoms with E-state index in [1.165, 1.54) is 44.1 Å². The SMILES string of the molecule is CC(C)=CCC[C@H](C)C1=CC[C@@H](C)[C@@]12CC=C(C)CC2. The molecular weight excluding hydrogens is 240 g/mol. The van der Waals surface area contributed by atoms with Crippen molar-refractivity contribution in [2.24, 2.45) is 17.3 Å². The molecule has 0 heteroatoms. The normalized spacial score (nSPS) is 30.9. The van der Waals surface area contributed by atoms with Gasteiger partial charge in [0, 0.05) is 0 Å². The molecule has 1 spiro atoms. The van der Waals surface area contributed by atoms with Crippen LogP contribution in [0.2, 0.25) is 0 Å². The van der Waals surface area contributed by atoms with Gasteiger partial charge in [0.1, 0.15) is 0 Å². The fourth-order valence-corrected chi connectivity index (χ4v) is 4.18. The summed E-state index contributed by atoms with van der Waals surface area (Å²) in [7, 11) is 0. The minimum atomic E-state index is 0.504. The molecule has 0 unspecified atom stereocenters. The maximum absolute atomic E-state index is 2.59. The van der Waals surface area contributed by atoms with E-state index in [9.17, 15) is 0 Å². The smallest absolute Gasteiger partial charge is 0.00193 e. The third-order valence-corrected chi connectivity index (χ3v) is 5.67. The Labute approximate surface area is 126 Å². The van der Waals surface area contributed by atoms with Crippen LogP contribution in [-0.2, 0) is 0 Å². The second kappa shape index (κ2) is 6.33. The molecular formula is C20H32. The second-order valence-electron chi connectivity index (χ2n) is 7.47. The van der Waals surface area contributed by atoms with E-state index in [0.717, 1.165) is 11.8 Å². The highest BCUT2D eigenvalue weighted by molar-refractivity contribution is 5.29. The first-order chi connectivity index (χ1) is 9.45. The summed E-state index contributed by atoms with van der Waals surface area (Å²) in [5.41, 5.74) is 5.35. The molecule has 112 valence electrons. The van der Waals surface area contributed by atoms with Gasteiger partial charge in [-0.3, -0.25) is 0 Å². The van der Waals surface area contributed by atoms with Gasteiger partial charge < -0.3 is 0 Å². The van der Waals surface area contributed by atoms with Crippen molar-refractivity contribution in [1.82, 2.24) is 0 Å². The van der Waals surface area contributed by atoms with Crippen molar-refractivity contribution in [3.63, 3.8) is 0 Å². The Kier molecular flexibility index (Phi) is 4.94. The summed E-state index contributed by atoms with van der Waals surface area (Å²) in [6.45, 7) is 11.6. The monoisotopic (exact) mass is 272 g/mol. The lowest BCUT2D eigenvalue weighted by molar-refractivity contribution is 0.206. The van der Waals surface area contributed by atoms with E-state index in [1.54, 1.807) is 11.1 Å². The molecule has 0 nitrogen and oxygen atoms in total. The van der Waals surface area contributed by atoms with Crippen LogP contribution in [0.5, 0.6) is 0 Å². The number of rotatable bonds is 4. The molecule has 0 aromatic carbocycles. The lowest BCUT2D eigenvalue weighted by atomic mass is 9.63. The minimum absolute atomic E-state index is 0.504. The van der Waals surface area contributed by atoms with Gasteiger partial charge in [-0.25, -0.2) is 0 Å². The van der Waals surface area contributed by atoms with E-state index in [4.69, 9.17) is 0 Å². The molecule has 0 aromatic heterocycles. The van der Waals surface area contributed by atoms with Gasteiger partial charge in [-0.15, -0.1) is 0 Å². The third-order valence-electron chi connectivity index (χ3n) is 5.67. The Morgan fingerprint density at radius 3 is 2.75 bits per heavy atom. The Morgan fingerprint density at radius 1 is 1.40 bits per heavy atom. The first-order valence-corrected chi connectivity index (χ1v) is 8.45. The molecule has 0 bridgehead atoms. The summed E-state index contributed by atoms with van der Waals surface area (Å²) in [5.74, 6) is 1.59. The van der Waals surface area contributed by atoms with Crippen LogP contribution < -0.4 is 0 Å². The highest BCUT2D eigenvalue weighted by Crippen LogP contribution is 2.55. The Morgan fingerprint density at radius 2 is 2.15 bits per heavy atom. The lowest BCUT2D eigenvalue weighted by Gasteiger charge is -2.41. The number of hydrogen-bond donors (Lipinski definition) is 0. The molecule has 0 radical (unpaired) electrons. The van der Waals surface area contributed by atoms with Gasteiger partial charge in [-0.2, -0.15) is 0 Å². The minimum Gasteiger partial charge on any atom is -0.0859 e. The molecule has 2 aliphatic rings. The van der Waals surface area contributed by atoms with Crippen molar-refractivity contribution in [1.29, 1.82) is 0 Å². The molecule has 0 amide bonds. The maximum Gasteiger partial charge on any atom is -0.00193 e. The molecule has 0 saturated heterocycles. The summed E-state index contributed by atoms with van der Waals surface area (Å²) in [5, 5.41) is 0. The van der Waals surface area contributed by atoms with Crippen LogP contribution in [0.3, 0.4) is 0 Å². The molecule has 3 atom stereocenters.